The molecule has 1 aromatic carbocycles. The van der Waals surface area contributed by atoms with E-state index < -0.39 is 0 Å². The molecule has 3 N–H and O–H groups in total. The highest BCUT2D eigenvalue weighted by Gasteiger charge is 2.08. The third-order valence-corrected chi connectivity index (χ3v) is 3.22. The highest BCUT2D eigenvalue weighted by molar-refractivity contribution is 5.74. The molecule has 0 aliphatic heterocycles. The summed E-state index contributed by atoms with van der Waals surface area (Å²) in [5.74, 6) is 4.97. The lowest BCUT2D eigenvalue weighted by Crippen LogP contribution is -2.24. The van der Waals surface area contributed by atoms with E-state index in [1.807, 2.05) is 31.2 Å². The van der Waals surface area contributed by atoms with Gasteiger partial charge in [0, 0.05) is 30.4 Å². The molecule has 0 unspecified atom stereocenters. The van der Waals surface area contributed by atoms with Crippen molar-refractivity contribution in [2.24, 2.45) is 5.90 Å². The highest BCUT2D eigenvalue weighted by atomic mass is 16.6. The van der Waals surface area contributed by atoms with E-state index in [0.717, 1.165) is 22.5 Å². The number of hydrogen-bond donors (Lipinski definition) is 2. The molecular weight excluding hydrogens is 306 g/mol. The summed E-state index contributed by atoms with van der Waals surface area (Å²) in [5.41, 5.74) is 3.78. The Balaban J connectivity index is 2.09. The van der Waals surface area contributed by atoms with Crippen LogP contribution in [0.3, 0.4) is 0 Å². The molecule has 124 valence electrons. The number of nitrogens with zero attached hydrogens (tertiary/aromatic N) is 3. The number of aromatic nitrogens is 2. The Morgan fingerprint density at radius 3 is 2.58 bits per heavy atom. The number of hydrogen-bond acceptors (Lipinski definition) is 5. The van der Waals surface area contributed by atoms with Gasteiger partial charge in [0.05, 0.1) is 11.4 Å². The molecule has 1 heterocycles. The molecule has 7 heteroatoms. The smallest absolute Gasteiger partial charge is 0.282 e. The van der Waals surface area contributed by atoms with E-state index in [1.54, 1.807) is 17.0 Å². The molecular formula is C17H20N5O2+. The second-order valence-electron chi connectivity index (χ2n) is 5.23. The fraction of sp³-hybridized carbons (Fsp3) is 0.176. The molecule has 0 bridgehead atoms. The molecule has 1 amide bonds. The largest absolute Gasteiger partial charge is 0.387 e. The lowest BCUT2D eigenvalue weighted by molar-refractivity contribution is -0.467. The first-order valence-electron chi connectivity index (χ1n) is 7.30. The Morgan fingerprint density at radius 1 is 1.33 bits per heavy atom. The molecule has 0 spiro atoms. The van der Waals surface area contributed by atoms with Crippen molar-refractivity contribution in [3.05, 3.63) is 60.0 Å². The first-order valence-corrected chi connectivity index (χ1v) is 7.30. The van der Waals surface area contributed by atoms with Gasteiger partial charge in [0.25, 0.3) is 5.88 Å². The van der Waals surface area contributed by atoms with Crippen molar-refractivity contribution in [2.75, 3.05) is 0 Å². The van der Waals surface area contributed by atoms with Crippen molar-refractivity contribution in [3.63, 3.8) is 0 Å². The quantitative estimate of drug-likeness (QED) is 0.363. The molecule has 7 nitrogen and oxygen atoms in total. The summed E-state index contributed by atoms with van der Waals surface area (Å²) < 4.78 is 1.61. The maximum absolute atomic E-state index is 11.0. The van der Waals surface area contributed by atoms with Gasteiger partial charge in [0.1, 0.15) is 6.72 Å². The average molecular weight is 326 g/mol. The summed E-state index contributed by atoms with van der Waals surface area (Å²) in [6.45, 7) is 7.69. The third kappa shape index (κ3) is 4.72. The highest BCUT2D eigenvalue weighted by Crippen LogP contribution is 2.19. The summed E-state index contributed by atoms with van der Waals surface area (Å²) in [6, 6.07) is 7.93. The lowest BCUT2D eigenvalue weighted by Gasteiger charge is -2.05. The first-order chi connectivity index (χ1) is 11.5. The topological polar surface area (TPSA) is 93.1 Å². The Morgan fingerprint density at radius 2 is 2.00 bits per heavy atom. The predicted octanol–water partition coefficient (Wildman–Crippen LogP) is 1.49. The van der Waals surface area contributed by atoms with Crippen LogP contribution >= 0.6 is 0 Å². The number of carbonyl (C=O) groups excluding carboxylic acids is 1. The zero-order valence-corrected chi connectivity index (χ0v) is 13.7. The van der Waals surface area contributed by atoms with Gasteiger partial charge < -0.3 is 4.84 Å². The molecule has 0 atom stereocenters. The van der Waals surface area contributed by atoms with Gasteiger partial charge in [0.15, 0.2) is 6.54 Å². The van der Waals surface area contributed by atoms with Gasteiger partial charge in [-0.2, -0.15) is 5.90 Å². The van der Waals surface area contributed by atoms with Crippen LogP contribution in [-0.4, -0.2) is 27.2 Å². The number of benzene rings is 1. The second-order valence-corrected chi connectivity index (χ2v) is 5.23. The van der Waals surface area contributed by atoms with Gasteiger partial charge in [-0.15, -0.1) is 0 Å². The van der Waals surface area contributed by atoms with Gasteiger partial charge in [-0.05, 0) is 6.92 Å². The van der Waals surface area contributed by atoms with Crippen molar-refractivity contribution >= 4 is 12.6 Å². The van der Waals surface area contributed by atoms with E-state index in [0.29, 0.717) is 6.54 Å². The molecule has 1 aromatic heterocycles. The summed E-state index contributed by atoms with van der Waals surface area (Å²) in [4.78, 5) is 24.2. The van der Waals surface area contributed by atoms with Crippen molar-refractivity contribution in [1.29, 1.82) is 0 Å². The van der Waals surface area contributed by atoms with Crippen LogP contribution in [0.15, 0.2) is 48.7 Å². The normalized spacial score (nSPS) is 11.0. The number of carbonyl (C=O) groups is 1. The second kappa shape index (κ2) is 7.98. The number of aryl methyl sites for hydroxylation is 1. The van der Waals surface area contributed by atoms with Crippen LogP contribution < -0.4 is 11.2 Å². The fourth-order valence-corrected chi connectivity index (χ4v) is 2.17. The molecule has 0 fully saturated rings. The lowest BCUT2D eigenvalue weighted by atomic mass is 10.1. The van der Waals surface area contributed by atoms with Crippen molar-refractivity contribution in [2.45, 2.75) is 20.4 Å². The van der Waals surface area contributed by atoms with Gasteiger partial charge in [-0.1, -0.05) is 24.3 Å². The number of nitrogens with one attached hydrogen (secondary N) is 1. The maximum atomic E-state index is 11.0. The molecule has 24 heavy (non-hydrogen) atoms. The Kier molecular flexibility index (Phi) is 5.75. The van der Waals surface area contributed by atoms with Crippen LogP contribution in [0, 0.1) is 6.92 Å². The minimum Gasteiger partial charge on any atom is -0.387 e. The van der Waals surface area contributed by atoms with Crippen LogP contribution in [-0.2, 0) is 16.2 Å². The van der Waals surface area contributed by atoms with Crippen LogP contribution in [0.2, 0.25) is 0 Å². The summed E-state index contributed by atoms with van der Waals surface area (Å²) in [7, 11) is 0. The van der Waals surface area contributed by atoms with Crippen LogP contribution in [0.4, 0.5) is 0 Å². The summed E-state index contributed by atoms with van der Waals surface area (Å²) in [5, 5.41) is 2.46. The first kappa shape index (κ1) is 17.3. The minimum absolute atomic E-state index is 0.129. The van der Waals surface area contributed by atoms with Crippen molar-refractivity contribution in [1.82, 2.24) is 15.3 Å². The van der Waals surface area contributed by atoms with Crippen LogP contribution in [0.1, 0.15) is 18.2 Å². The Hall–Kier alpha value is -3.06. The van der Waals surface area contributed by atoms with E-state index in [-0.39, 0.29) is 11.8 Å². The third-order valence-electron chi connectivity index (χ3n) is 3.22. The molecule has 0 saturated carbocycles. The average Bonchev–Trinajstić information content (AvgIpc) is 2.55. The Bertz CT molecular complexity index is 769. The van der Waals surface area contributed by atoms with E-state index in [1.165, 1.54) is 13.1 Å². The van der Waals surface area contributed by atoms with Gasteiger partial charge in [0.2, 0.25) is 12.1 Å². The minimum atomic E-state index is -0.274. The maximum Gasteiger partial charge on any atom is 0.282 e. The number of nitrogens with two attached hydrogens (primary N) is 1. The van der Waals surface area contributed by atoms with Crippen molar-refractivity contribution < 1.29 is 14.2 Å². The molecule has 2 rings (SSSR count). The molecule has 2 aromatic rings. The van der Waals surface area contributed by atoms with E-state index in [4.69, 9.17) is 5.90 Å². The van der Waals surface area contributed by atoms with E-state index >= 15 is 0 Å². The SMILES string of the molecule is C=[N+](/C=C(/NC(C)=O)ON)Cc1ccc(-c2nccnc2C)cc1. The summed E-state index contributed by atoms with van der Waals surface area (Å²) in [6.07, 6.45) is 4.86. The predicted molar refractivity (Wildman–Crippen MR) is 90.5 cm³/mol. The van der Waals surface area contributed by atoms with Crippen molar-refractivity contribution in [3.8, 4) is 11.3 Å². The molecule has 0 aliphatic carbocycles. The Labute approximate surface area is 140 Å². The number of amides is 1. The van der Waals surface area contributed by atoms with Gasteiger partial charge >= 0.3 is 0 Å². The number of rotatable bonds is 6. The monoisotopic (exact) mass is 326 g/mol. The van der Waals surface area contributed by atoms with Gasteiger partial charge in [-0.3, -0.25) is 20.1 Å². The zero-order chi connectivity index (χ0) is 17.5. The van der Waals surface area contributed by atoms with Crippen LogP contribution in [0.25, 0.3) is 11.3 Å². The molecule has 0 saturated heterocycles. The van der Waals surface area contributed by atoms with Gasteiger partial charge in [-0.25, -0.2) is 4.58 Å². The summed E-state index contributed by atoms with van der Waals surface area (Å²) >= 11 is 0. The standard InChI is InChI=1S/C17H19N5O2/c1-12-17(20-9-8-19-12)15-6-4-14(5-7-15)10-22(3)11-16(24-18)21-13(2)23/h4-9,11H,3,10,18H2,1-2H3/p+1/b16-11-. The van der Waals surface area contributed by atoms with E-state index in [2.05, 4.69) is 26.8 Å². The molecule has 0 radical (unpaired) electrons. The zero-order valence-electron chi connectivity index (χ0n) is 13.7. The van der Waals surface area contributed by atoms with Crippen LogP contribution in [0.5, 0.6) is 0 Å². The fourth-order valence-electron chi connectivity index (χ4n) is 2.17. The molecule has 0 aliphatic rings. The van der Waals surface area contributed by atoms with E-state index in [9.17, 15) is 4.79 Å².